The SMILES string of the molecule is CC(C)NC(=O)NC(=O)CN[C@H](C)c1cc(F)c(Cl)cc1Cl. The third-order valence-electron chi connectivity index (χ3n) is 2.75. The molecule has 3 N–H and O–H groups in total. The fraction of sp³-hybridized carbons (Fsp3) is 0.429. The molecule has 8 heteroatoms. The molecule has 0 unspecified atom stereocenters. The third-order valence-corrected chi connectivity index (χ3v) is 3.36. The Labute approximate surface area is 138 Å². The van der Waals surface area contributed by atoms with E-state index < -0.39 is 23.8 Å². The van der Waals surface area contributed by atoms with Crippen molar-refractivity contribution < 1.29 is 14.0 Å². The maximum absolute atomic E-state index is 13.5. The maximum atomic E-state index is 13.5. The van der Waals surface area contributed by atoms with Crippen molar-refractivity contribution in [1.29, 1.82) is 0 Å². The Morgan fingerprint density at radius 2 is 1.82 bits per heavy atom. The molecular weight excluding hydrogens is 332 g/mol. The number of imide groups is 1. The summed E-state index contributed by atoms with van der Waals surface area (Å²) in [5, 5.41) is 7.79. The van der Waals surface area contributed by atoms with Crippen molar-refractivity contribution in [1.82, 2.24) is 16.0 Å². The predicted molar refractivity (Wildman–Crippen MR) is 84.6 cm³/mol. The molecular formula is C14H18Cl2FN3O2. The smallest absolute Gasteiger partial charge is 0.321 e. The lowest BCUT2D eigenvalue weighted by Crippen LogP contribution is -2.45. The van der Waals surface area contributed by atoms with Crippen LogP contribution in [-0.2, 0) is 4.79 Å². The fourth-order valence-electron chi connectivity index (χ4n) is 1.69. The Morgan fingerprint density at radius 1 is 1.18 bits per heavy atom. The van der Waals surface area contributed by atoms with Crippen LogP contribution in [0.25, 0.3) is 0 Å². The number of halogens is 3. The van der Waals surface area contributed by atoms with Gasteiger partial charge < -0.3 is 10.6 Å². The quantitative estimate of drug-likeness (QED) is 0.715. The molecule has 1 aromatic rings. The monoisotopic (exact) mass is 349 g/mol. The average molecular weight is 350 g/mol. The van der Waals surface area contributed by atoms with Crippen LogP contribution in [-0.4, -0.2) is 24.5 Å². The van der Waals surface area contributed by atoms with Crippen LogP contribution in [0.2, 0.25) is 10.0 Å². The number of urea groups is 1. The van der Waals surface area contributed by atoms with Crippen LogP contribution in [0.5, 0.6) is 0 Å². The summed E-state index contributed by atoms with van der Waals surface area (Å²) < 4.78 is 13.5. The molecule has 1 atom stereocenters. The van der Waals surface area contributed by atoms with Crippen LogP contribution in [0.4, 0.5) is 9.18 Å². The second-order valence-electron chi connectivity index (χ2n) is 5.07. The highest BCUT2D eigenvalue weighted by molar-refractivity contribution is 6.35. The molecule has 0 aromatic heterocycles. The fourth-order valence-corrected chi connectivity index (χ4v) is 2.24. The Kier molecular flexibility index (Phi) is 7.06. The van der Waals surface area contributed by atoms with Crippen LogP contribution < -0.4 is 16.0 Å². The van der Waals surface area contributed by atoms with Crippen LogP contribution in [0.15, 0.2) is 12.1 Å². The van der Waals surface area contributed by atoms with Gasteiger partial charge in [-0.25, -0.2) is 9.18 Å². The number of hydrogen-bond acceptors (Lipinski definition) is 3. The highest BCUT2D eigenvalue weighted by atomic mass is 35.5. The first-order chi connectivity index (χ1) is 10.2. The molecule has 1 aromatic carbocycles. The van der Waals surface area contributed by atoms with E-state index in [9.17, 15) is 14.0 Å². The Hall–Kier alpha value is -1.37. The van der Waals surface area contributed by atoms with Crippen molar-refractivity contribution in [2.24, 2.45) is 0 Å². The van der Waals surface area contributed by atoms with E-state index in [0.29, 0.717) is 10.6 Å². The molecule has 1 rings (SSSR count). The lowest BCUT2D eigenvalue weighted by Gasteiger charge is -2.16. The Bertz CT molecular complexity index is 567. The molecule has 5 nitrogen and oxygen atoms in total. The van der Waals surface area contributed by atoms with Gasteiger partial charge in [0.25, 0.3) is 0 Å². The molecule has 0 aliphatic rings. The molecule has 0 fully saturated rings. The van der Waals surface area contributed by atoms with Crippen molar-refractivity contribution in [3.05, 3.63) is 33.6 Å². The van der Waals surface area contributed by atoms with Crippen molar-refractivity contribution in [3.8, 4) is 0 Å². The summed E-state index contributed by atoms with van der Waals surface area (Å²) in [6.45, 7) is 5.16. The van der Waals surface area contributed by atoms with E-state index in [0.717, 1.165) is 0 Å². The number of amides is 3. The van der Waals surface area contributed by atoms with Crippen LogP contribution in [0.1, 0.15) is 32.4 Å². The predicted octanol–water partition coefficient (Wildman–Crippen LogP) is 3.02. The maximum Gasteiger partial charge on any atom is 0.321 e. The molecule has 22 heavy (non-hydrogen) atoms. The molecule has 0 radical (unpaired) electrons. The van der Waals surface area contributed by atoms with Gasteiger partial charge >= 0.3 is 6.03 Å². The number of hydrogen-bond donors (Lipinski definition) is 3. The number of rotatable bonds is 5. The van der Waals surface area contributed by atoms with Gasteiger partial charge in [-0.3, -0.25) is 10.1 Å². The summed E-state index contributed by atoms with van der Waals surface area (Å²) in [5.41, 5.74) is 0.475. The number of carbonyl (C=O) groups excluding carboxylic acids is 2. The summed E-state index contributed by atoms with van der Waals surface area (Å²) in [6.07, 6.45) is 0. The van der Waals surface area contributed by atoms with E-state index in [-0.39, 0.29) is 17.6 Å². The van der Waals surface area contributed by atoms with Gasteiger partial charge in [-0.2, -0.15) is 0 Å². The lowest BCUT2D eigenvalue weighted by molar-refractivity contribution is -0.119. The highest BCUT2D eigenvalue weighted by Gasteiger charge is 2.15. The second-order valence-corrected chi connectivity index (χ2v) is 5.88. The minimum atomic E-state index is -0.588. The molecule has 0 aliphatic heterocycles. The largest absolute Gasteiger partial charge is 0.336 e. The van der Waals surface area contributed by atoms with E-state index in [1.54, 1.807) is 20.8 Å². The first kappa shape index (κ1) is 18.7. The van der Waals surface area contributed by atoms with E-state index >= 15 is 0 Å². The van der Waals surface area contributed by atoms with E-state index in [1.165, 1.54) is 12.1 Å². The van der Waals surface area contributed by atoms with Crippen LogP contribution >= 0.6 is 23.2 Å². The van der Waals surface area contributed by atoms with Crippen LogP contribution in [0.3, 0.4) is 0 Å². The molecule has 3 amide bonds. The highest BCUT2D eigenvalue weighted by Crippen LogP contribution is 2.28. The molecule has 0 aliphatic carbocycles. The van der Waals surface area contributed by atoms with Crippen molar-refractivity contribution in [3.63, 3.8) is 0 Å². The van der Waals surface area contributed by atoms with Gasteiger partial charge in [-0.1, -0.05) is 23.2 Å². The third kappa shape index (κ3) is 5.79. The van der Waals surface area contributed by atoms with Gasteiger partial charge in [0, 0.05) is 17.1 Å². The van der Waals surface area contributed by atoms with Crippen LogP contribution in [0, 0.1) is 5.82 Å². The van der Waals surface area contributed by atoms with E-state index in [2.05, 4.69) is 16.0 Å². The van der Waals surface area contributed by atoms with Gasteiger partial charge in [-0.15, -0.1) is 0 Å². The van der Waals surface area contributed by atoms with Gasteiger partial charge in [0.15, 0.2) is 0 Å². The summed E-state index contributed by atoms with van der Waals surface area (Å²) in [4.78, 5) is 23.0. The molecule has 0 spiro atoms. The summed E-state index contributed by atoms with van der Waals surface area (Å²) in [6, 6.07) is 1.49. The zero-order chi connectivity index (χ0) is 16.9. The zero-order valence-electron chi connectivity index (χ0n) is 12.5. The summed E-state index contributed by atoms with van der Waals surface area (Å²) in [7, 11) is 0. The van der Waals surface area contributed by atoms with Gasteiger partial charge in [-0.05, 0) is 38.5 Å². The molecule has 0 saturated heterocycles. The lowest BCUT2D eigenvalue weighted by atomic mass is 10.1. The minimum absolute atomic E-state index is 0.0657. The Morgan fingerprint density at radius 3 is 2.41 bits per heavy atom. The van der Waals surface area contributed by atoms with Gasteiger partial charge in [0.1, 0.15) is 5.82 Å². The first-order valence-electron chi connectivity index (χ1n) is 6.69. The standard InChI is InChI=1S/C14H18Cl2FN3O2/c1-7(2)19-14(22)20-13(21)6-18-8(3)9-4-12(17)11(16)5-10(9)15/h4-5,7-8,18H,6H2,1-3H3,(H2,19,20,21,22)/t8-/m1/s1. The first-order valence-corrected chi connectivity index (χ1v) is 7.44. The Balaban J connectivity index is 2.56. The number of nitrogens with one attached hydrogen (secondary N) is 3. The average Bonchev–Trinajstić information content (AvgIpc) is 2.39. The normalized spacial score (nSPS) is 12.1. The van der Waals surface area contributed by atoms with E-state index in [4.69, 9.17) is 23.2 Å². The zero-order valence-corrected chi connectivity index (χ0v) is 14.0. The second kappa shape index (κ2) is 8.31. The summed E-state index contributed by atoms with van der Waals surface area (Å²) >= 11 is 11.6. The molecule has 0 bridgehead atoms. The van der Waals surface area contributed by atoms with Crippen molar-refractivity contribution in [2.75, 3.05) is 6.54 Å². The number of carbonyl (C=O) groups is 2. The molecule has 122 valence electrons. The number of benzene rings is 1. The van der Waals surface area contributed by atoms with E-state index in [1.807, 2.05) is 0 Å². The minimum Gasteiger partial charge on any atom is -0.336 e. The van der Waals surface area contributed by atoms with Gasteiger partial charge in [0.05, 0.1) is 11.6 Å². The van der Waals surface area contributed by atoms with Gasteiger partial charge in [0.2, 0.25) is 5.91 Å². The molecule has 0 saturated carbocycles. The van der Waals surface area contributed by atoms with Crippen molar-refractivity contribution >= 4 is 35.1 Å². The van der Waals surface area contributed by atoms with Crippen molar-refractivity contribution in [2.45, 2.75) is 32.9 Å². The summed E-state index contributed by atoms with van der Waals surface area (Å²) in [5.74, 6) is -1.09. The molecule has 0 heterocycles. The topological polar surface area (TPSA) is 70.2 Å².